The third-order valence-corrected chi connectivity index (χ3v) is 3.50. The topological polar surface area (TPSA) is 63.1 Å². The molecule has 16 heavy (non-hydrogen) atoms. The highest BCUT2D eigenvalue weighted by Crippen LogP contribution is 2.32. The minimum atomic E-state index is -0.975. The van der Waals surface area contributed by atoms with E-state index in [4.69, 9.17) is 5.11 Å². The lowest BCUT2D eigenvalue weighted by Crippen LogP contribution is -2.08. The first-order chi connectivity index (χ1) is 7.70. The van der Waals surface area contributed by atoms with E-state index in [9.17, 15) is 4.79 Å². The number of hydrogen-bond donors (Lipinski definition) is 1. The summed E-state index contributed by atoms with van der Waals surface area (Å²) in [5.41, 5.74) is 0.112. The summed E-state index contributed by atoms with van der Waals surface area (Å²) in [4.78, 5) is 19.5. The van der Waals surface area contributed by atoms with Crippen molar-refractivity contribution in [1.82, 2.24) is 9.97 Å². The first-order valence-corrected chi connectivity index (χ1v) is 6.59. The van der Waals surface area contributed by atoms with Crippen LogP contribution in [0.3, 0.4) is 0 Å². The van der Waals surface area contributed by atoms with Gasteiger partial charge in [-0.05, 0) is 19.1 Å². The molecule has 0 aliphatic heterocycles. The van der Waals surface area contributed by atoms with Crippen LogP contribution in [0.2, 0.25) is 0 Å². The number of nitrogens with zero attached hydrogens (tertiary/aromatic N) is 2. The Morgan fingerprint density at radius 3 is 2.69 bits per heavy atom. The van der Waals surface area contributed by atoms with Crippen molar-refractivity contribution < 1.29 is 9.90 Å². The standard InChI is InChI=1S/C11H14N2O2S/c1-16-9-6-8(11(14)15)12-10(13-9)7-4-2-3-5-7/h6-7H,2-5H2,1H3,(H,14,15). The predicted molar refractivity (Wildman–Crippen MR) is 62.0 cm³/mol. The molecule has 1 heterocycles. The molecule has 0 bridgehead atoms. The minimum absolute atomic E-state index is 0.112. The van der Waals surface area contributed by atoms with Gasteiger partial charge in [-0.3, -0.25) is 0 Å². The molecule has 86 valence electrons. The Kier molecular flexibility index (Phi) is 3.43. The Morgan fingerprint density at radius 1 is 1.44 bits per heavy atom. The Bertz CT molecular complexity index is 403. The van der Waals surface area contributed by atoms with Crippen LogP contribution < -0.4 is 0 Å². The van der Waals surface area contributed by atoms with Gasteiger partial charge in [-0.25, -0.2) is 14.8 Å². The van der Waals surface area contributed by atoms with E-state index < -0.39 is 5.97 Å². The number of carbonyl (C=O) groups is 1. The molecule has 0 saturated heterocycles. The molecule has 0 amide bonds. The summed E-state index contributed by atoms with van der Waals surface area (Å²) in [6.45, 7) is 0. The maximum Gasteiger partial charge on any atom is 0.354 e. The van der Waals surface area contributed by atoms with Gasteiger partial charge in [0.2, 0.25) is 0 Å². The number of hydrogen-bond acceptors (Lipinski definition) is 4. The maximum absolute atomic E-state index is 10.9. The summed E-state index contributed by atoms with van der Waals surface area (Å²) in [5, 5.41) is 9.72. The number of aromatic carboxylic acids is 1. The highest BCUT2D eigenvalue weighted by Gasteiger charge is 2.21. The van der Waals surface area contributed by atoms with Crippen molar-refractivity contribution >= 4 is 17.7 Å². The van der Waals surface area contributed by atoms with Crippen molar-refractivity contribution in [3.8, 4) is 0 Å². The Balaban J connectivity index is 2.35. The van der Waals surface area contributed by atoms with Crippen LogP contribution in [-0.4, -0.2) is 27.3 Å². The average molecular weight is 238 g/mol. The lowest BCUT2D eigenvalue weighted by atomic mass is 10.1. The smallest absolute Gasteiger partial charge is 0.354 e. The number of carboxylic acids is 1. The van der Waals surface area contributed by atoms with E-state index in [1.165, 1.54) is 30.7 Å². The van der Waals surface area contributed by atoms with Gasteiger partial charge in [-0.2, -0.15) is 0 Å². The van der Waals surface area contributed by atoms with Gasteiger partial charge < -0.3 is 5.11 Å². The zero-order valence-electron chi connectivity index (χ0n) is 9.14. The molecule has 1 aromatic heterocycles. The Hall–Kier alpha value is -1.10. The number of rotatable bonds is 3. The first-order valence-electron chi connectivity index (χ1n) is 5.37. The molecule has 0 atom stereocenters. The van der Waals surface area contributed by atoms with E-state index >= 15 is 0 Å². The van der Waals surface area contributed by atoms with Gasteiger partial charge in [-0.1, -0.05) is 12.8 Å². The SMILES string of the molecule is CSc1cc(C(=O)O)nc(C2CCCC2)n1. The molecule has 0 radical (unpaired) electrons. The second-order valence-electron chi connectivity index (χ2n) is 3.94. The van der Waals surface area contributed by atoms with Gasteiger partial charge in [0.15, 0.2) is 5.69 Å². The van der Waals surface area contributed by atoms with Crippen molar-refractivity contribution in [2.75, 3.05) is 6.26 Å². The van der Waals surface area contributed by atoms with E-state index in [2.05, 4.69) is 9.97 Å². The van der Waals surface area contributed by atoms with Crippen LogP contribution in [-0.2, 0) is 0 Å². The summed E-state index contributed by atoms with van der Waals surface area (Å²) in [6.07, 6.45) is 6.44. The van der Waals surface area contributed by atoms with Gasteiger partial charge >= 0.3 is 5.97 Å². The molecule has 1 aromatic rings. The van der Waals surface area contributed by atoms with Crippen LogP contribution in [0.15, 0.2) is 11.1 Å². The van der Waals surface area contributed by atoms with Gasteiger partial charge in [0.05, 0.1) is 0 Å². The third kappa shape index (κ3) is 2.35. The van der Waals surface area contributed by atoms with Crippen LogP contribution in [0.25, 0.3) is 0 Å². The molecule has 2 rings (SSSR count). The summed E-state index contributed by atoms with van der Waals surface area (Å²) in [5.74, 6) is 0.0869. The lowest BCUT2D eigenvalue weighted by Gasteiger charge is -2.09. The maximum atomic E-state index is 10.9. The summed E-state index contributed by atoms with van der Waals surface area (Å²) in [7, 11) is 0. The van der Waals surface area contributed by atoms with Crippen LogP contribution >= 0.6 is 11.8 Å². The van der Waals surface area contributed by atoms with E-state index in [0.29, 0.717) is 11.7 Å². The van der Waals surface area contributed by atoms with Crippen molar-refractivity contribution in [3.63, 3.8) is 0 Å². The minimum Gasteiger partial charge on any atom is -0.477 e. The van der Waals surface area contributed by atoms with Crippen molar-refractivity contribution in [1.29, 1.82) is 0 Å². The van der Waals surface area contributed by atoms with Crippen LogP contribution in [0.4, 0.5) is 0 Å². The van der Waals surface area contributed by atoms with E-state index in [1.807, 2.05) is 6.26 Å². The lowest BCUT2D eigenvalue weighted by molar-refractivity contribution is 0.0689. The molecule has 0 spiro atoms. The number of carboxylic acid groups (broad SMARTS) is 1. The molecule has 1 saturated carbocycles. The third-order valence-electron chi connectivity index (χ3n) is 2.87. The van der Waals surface area contributed by atoms with Gasteiger partial charge in [0, 0.05) is 12.0 Å². The number of thioether (sulfide) groups is 1. The van der Waals surface area contributed by atoms with E-state index in [0.717, 1.165) is 17.9 Å². The Labute approximate surface area is 98.5 Å². The second kappa shape index (κ2) is 4.82. The predicted octanol–water partition coefficient (Wildman–Crippen LogP) is 2.55. The average Bonchev–Trinajstić information content (AvgIpc) is 2.81. The van der Waals surface area contributed by atoms with Crippen molar-refractivity contribution in [2.24, 2.45) is 0 Å². The van der Waals surface area contributed by atoms with Crippen molar-refractivity contribution in [3.05, 3.63) is 17.6 Å². The zero-order chi connectivity index (χ0) is 11.5. The van der Waals surface area contributed by atoms with Crippen molar-refractivity contribution in [2.45, 2.75) is 36.6 Å². The van der Waals surface area contributed by atoms with Crippen LogP contribution in [0, 0.1) is 0 Å². The fourth-order valence-corrected chi connectivity index (χ4v) is 2.44. The van der Waals surface area contributed by atoms with Crippen LogP contribution in [0.1, 0.15) is 47.9 Å². The molecular formula is C11H14N2O2S. The first kappa shape index (κ1) is 11.4. The molecule has 1 aliphatic carbocycles. The second-order valence-corrected chi connectivity index (χ2v) is 4.77. The molecule has 1 aliphatic rings. The molecule has 5 heteroatoms. The van der Waals surface area contributed by atoms with E-state index in [1.54, 1.807) is 0 Å². The molecule has 1 N–H and O–H groups in total. The highest BCUT2D eigenvalue weighted by atomic mass is 32.2. The molecular weight excluding hydrogens is 224 g/mol. The normalized spacial score (nSPS) is 16.6. The largest absolute Gasteiger partial charge is 0.477 e. The molecule has 1 fully saturated rings. The Morgan fingerprint density at radius 2 is 2.12 bits per heavy atom. The fourth-order valence-electron chi connectivity index (χ4n) is 2.02. The fraction of sp³-hybridized carbons (Fsp3) is 0.545. The quantitative estimate of drug-likeness (QED) is 0.647. The molecule has 0 aromatic carbocycles. The van der Waals surface area contributed by atoms with Gasteiger partial charge in [0.25, 0.3) is 0 Å². The monoisotopic (exact) mass is 238 g/mol. The van der Waals surface area contributed by atoms with Gasteiger partial charge in [-0.15, -0.1) is 11.8 Å². The van der Waals surface area contributed by atoms with Crippen LogP contribution in [0.5, 0.6) is 0 Å². The summed E-state index contributed by atoms with van der Waals surface area (Å²) in [6, 6.07) is 1.53. The summed E-state index contributed by atoms with van der Waals surface area (Å²) < 4.78 is 0. The summed E-state index contributed by atoms with van der Waals surface area (Å²) >= 11 is 1.46. The highest BCUT2D eigenvalue weighted by molar-refractivity contribution is 7.98. The zero-order valence-corrected chi connectivity index (χ0v) is 9.96. The van der Waals surface area contributed by atoms with E-state index in [-0.39, 0.29) is 5.69 Å². The van der Waals surface area contributed by atoms with Gasteiger partial charge in [0.1, 0.15) is 10.9 Å². The number of aromatic nitrogens is 2. The molecule has 0 unspecified atom stereocenters. The molecule has 4 nitrogen and oxygen atoms in total.